The maximum Gasteiger partial charge on any atom is 0.264 e. The van der Waals surface area contributed by atoms with Crippen molar-refractivity contribution in [2.24, 2.45) is 0 Å². The van der Waals surface area contributed by atoms with Crippen molar-refractivity contribution in [2.45, 2.75) is 37.8 Å². The number of likely N-dealkylation sites (N-methyl/N-ethyl adjacent to an activating group) is 1. The quantitative estimate of drug-likeness (QED) is 0.807. The fourth-order valence-corrected chi connectivity index (χ4v) is 5.22. The molecule has 0 radical (unpaired) electrons. The number of hydrogen-bond acceptors (Lipinski definition) is 3. The van der Waals surface area contributed by atoms with Gasteiger partial charge in [0.15, 0.2) is 0 Å². The third-order valence-corrected chi connectivity index (χ3v) is 6.84. The standard InChI is InChI=1S/C20H23ClN2OS/c1-22(20(24)18-8-9-19(21)25-18)16-7-4-10-23(13-16)17-11-14-5-2-3-6-15(14)12-17/h2-3,5-6,8-9,16-17H,4,7,10-13H2,1H3. The lowest BCUT2D eigenvalue weighted by atomic mass is 10.0. The van der Waals surface area contributed by atoms with Crippen molar-refractivity contribution in [2.75, 3.05) is 20.1 Å². The molecule has 1 atom stereocenters. The highest BCUT2D eigenvalue weighted by molar-refractivity contribution is 7.17. The van der Waals surface area contributed by atoms with Crippen LogP contribution in [0.15, 0.2) is 36.4 Å². The first-order chi connectivity index (χ1) is 12.1. The summed E-state index contributed by atoms with van der Waals surface area (Å²) in [6.07, 6.45) is 4.51. The molecule has 4 rings (SSSR count). The van der Waals surface area contributed by atoms with E-state index in [1.54, 1.807) is 6.07 Å². The molecule has 0 N–H and O–H groups in total. The van der Waals surface area contributed by atoms with Gasteiger partial charge in [0, 0.05) is 25.7 Å². The van der Waals surface area contributed by atoms with Gasteiger partial charge in [-0.1, -0.05) is 35.9 Å². The minimum Gasteiger partial charge on any atom is -0.337 e. The van der Waals surface area contributed by atoms with Crippen molar-refractivity contribution in [1.29, 1.82) is 0 Å². The van der Waals surface area contributed by atoms with E-state index in [4.69, 9.17) is 11.6 Å². The molecular formula is C20H23ClN2OS. The van der Waals surface area contributed by atoms with Crippen molar-refractivity contribution in [1.82, 2.24) is 9.80 Å². The Morgan fingerprint density at radius 3 is 2.56 bits per heavy atom. The van der Waals surface area contributed by atoms with E-state index in [9.17, 15) is 4.79 Å². The first kappa shape index (κ1) is 17.1. The molecule has 2 aromatic rings. The number of rotatable bonds is 3. The third kappa shape index (κ3) is 3.48. The zero-order valence-corrected chi connectivity index (χ0v) is 16.0. The maximum absolute atomic E-state index is 12.7. The normalized spacial score (nSPS) is 21.3. The van der Waals surface area contributed by atoms with E-state index in [-0.39, 0.29) is 11.9 Å². The van der Waals surface area contributed by atoms with Gasteiger partial charge in [-0.3, -0.25) is 9.69 Å². The number of thiophene rings is 1. The molecule has 25 heavy (non-hydrogen) atoms. The van der Waals surface area contributed by atoms with Crippen LogP contribution in [0.5, 0.6) is 0 Å². The van der Waals surface area contributed by atoms with Gasteiger partial charge in [-0.15, -0.1) is 11.3 Å². The first-order valence-electron chi connectivity index (χ1n) is 8.95. The molecule has 2 heterocycles. The van der Waals surface area contributed by atoms with Crippen LogP contribution in [0, 0.1) is 0 Å². The molecule has 3 nitrogen and oxygen atoms in total. The van der Waals surface area contributed by atoms with Crippen LogP contribution in [0.4, 0.5) is 0 Å². The van der Waals surface area contributed by atoms with Crippen LogP contribution in [-0.2, 0) is 12.8 Å². The summed E-state index contributed by atoms with van der Waals surface area (Å²) in [6.45, 7) is 2.11. The summed E-state index contributed by atoms with van der Waals surface area (Å²) < 4.78 is 0.672. The average molecular weight is 375 g/mol. The number of piperidine rings is 1. The molecule has 1 amide bonds. The maximum atomic E-state index is 12.7. The van der Waals surface area contributed by atoms with Crippen molar-refractivity contribution < 1.29 is 4.79 Å². The second kappa shape index (κ2) is 7.10. The van der Waals surface area contributed by atoms with Crippen molar-refractivity contribution in [3.05, 3.63) is 56.7 Å². The molecule has 0 spiro atoms. The number of halogens is 1. The van der Waals surface area contributed by atoms with Crippen LogP contribution in [-0.4, -0.2) is 47.9 Å². The highest BCUT2D eigenvalue weighted by Gasteiger charge is 2.33. The van der Waals surface area contributed by atoms with Crippen molar-refractivity contribution >= 4 is 28.8 Å². The molecule has 1 saturated heterocycles. The number of nitrogens with zero attached hydrogens (tertiary/aromatic N) is 2. The molecular weight excluding hydrogens is 352 g/mol. The predicted octanol–water partition coefficient (Wildman–Crippen LogP) is 4.11. The summed E-state index contributed by atoms with van der Waals surface area (Å²) in [7, 11) is 1.94. The lowest BCUT2D eigenvalue weighted by Gasteiger charge is -2.40. The monoisotopic (exact) mass is 374 g/mol. The highest BCUT2D eigenvalue weighted by atomic mass is 35.5. The lowest BCUT2D eigenvalue weighted by molar-refractivity contribution is 0.0559. The van der Waals surface area contributed by atoms with E-state index in [0.717, 1.165) is 43.6 Å². The van der Waals surface area contributed by atoms with Gasteiger partial charge in [-0.2, -0.15) is 0 Å². The van der Waals surface area contributed by atoms with Gasteiger partial charge in [0.1, 0.15) is 0 Å². The van der Waals surface area contributed by atoms with Gasteiger partial charge in [0.2, 0.25) is 0 Å². The number of benzene rings is 1. The molecule has 1 aliphatic carbocycles. The summed E-state index contributed by atoms with van der Waals surface area (Å²) in [5.41, 5.74) is 2.99. The van der Waals surface area contributed by atoms with Crippen LogP contribution >= 0.6 is 22.9 Å². The predicted molar refractivity (Wildman–Crippen MR) is 104 cm³/mol. The van der Waals surface area contributed by atoms with Crippen LogP contribution < -0.4 is 0 Å². The zero-order valence-electron chi connectivity index (χ0n) is 14.5. The molecule has 1 aromatic carbocycles. The molecule has 1 aromatic heterocycles. The van der Waals surface area contributed by atoms with E-state index in [0.29, 0.717) is 10.4 Å². The van der Waals surface area contributed by atoms with Gasteiger partial charge in [0.25, 0.3) is 5.91 Å². The fourth-order valence-electron chi connectivity index (χ4n) is 4.19. The Labute approximate surface area is 158 Å². The van der Waals surface area contributed by atoms with Crippen LogP contribution in [0.2, 0.25) is 4.34 Å². The number of fused-ring (bicyclic) bond motifs is 1. The number of amides is 1. The number of carbonyl (C=O) groups is 1. The summed E-state index contributed by atoms with van der Waals surface area (Å²) >= 11 is 7.35. The molecule has 132 valence electrons. The van der Waals surface area contributed by atoms with Gasteiger partial charge in [-0.05, 0) is 55.5 Å². The summed E-state index contributed by atoms with van der Waals surface area (Å²) in [4.78, 5) is 18.0. The summed E-state index contributed by atoms with van der Waals surface area (Å²) in [5.74, 6) is 0.0958. The van der Waals surface area contributed by atoms with Gasteiger partial charge >= 0.3 is 0 Å². The minimum atomic E-state index is 0.0958. The molecule has 1 fully saturated rings. The molecule has 5 heteroatoms. The van der Waals surface area contributed by atoms with E-state index in [2.05, 4.69) is 29.2 Å². The molecule has 2 aliphatic rings. The Hall–Kier alpha value is -1.36. The number of likely N-dealkylation sites (tertiary alicyclic amines) is 1. The Bertz CT molecular complexity index is 750. The van der Waals surface area contributed by atoms with E-state index < -0.39 is 0 Å². The van der Waals surface area contributed by atoms with Gasteiger partial charge in [0.05, 0.1) is 9.21 Å². The third-order valence-electron chi connectivity index (χ3n) is 5.63. The fraction of sp³-hybridized carbons (Fsp3) is 0.450. The van der Waals surface area contributed by atoms with E-state index in [1.165, 1.54) is 22.5 Å². The van der Waals surface area contributed by atoms with Crippen molar-refractivity contribution in [3.63, 3.8) is 0 Å². The summed E-state index contributed by atoms with van der Waals surface area (Å²) in [5, 5.41) is 0. The SMILES string of the molecule is CN(C(=O)c1ccc(Cl)s1)C1CCCN(C2Cc3ccccc3C2)C1. The zero-order chi connectivity index (χ0) is 17.4. The lowest BCUT2D eigenvalue weighted by Crippen LogP contribution is -2.51. The topological polar surface area (TPSA) is 23.6 Å². The first-order valence-corrected chi connectivity index (χ1v) is 10.1. The van der Waals surface area contributed by atoms with Crippen LogP contribution in [0.25, 0.3) is 0 Å². The Balaban J connectivity index is 1.42. The molecule has 1 unspecified atom stereocenters. The Morgan fingerprint density at radius 1 is 1.20 bits per heavy atom. The minimum absolute atomic E-state index is 0.0958. The summed E-state index contributed by atoms with van der Waals surface area (Å²) in [6, 6.07) is 13.3. The highest BCUT2D eigenvalue weighted by Crippen LogP contribution is 2.29. The largest absolute Gasteiger partial charge is 0.337 e. The smallest absolute Gasteiger partial charge is 0.264 e. The van der Waals surface area contributed by atoms with Crippen LogP contribution in [0.3, 0.4) is 0 Å². The second-order valence-electron chi connectivity index (χ2n) is 7.14. The Morgan fingerprint density at radius 2 is 1.92 bits per heavy atom. The molecule has 0 bridgehead atoms. The molecule has 1 aliphatic heterocycles. The van der Waals surface area contributed by atoms with E-state index in [1.807, 2.05) is 18.0 Å². The van der Waals surface area contributed by atoms with Crippen molar-refractivity contribution in [3.8, 4) is 0 Å². The van der Waals surface area contributed by atoms with Gasteiger partial charge in [-0.25, -0.2) is 0 Å². The van der Waals surface area contributed by atoms with Crippen LogP contribution in [0.1, 0.15) is 33.6 Å². The second-order valence-corrected chi connectivity index (χ2v) is 8.86. The van der Waals surface area contributed by atoms with E-state index >= 15 is 0 Å². The molecule has 0 saturated carbocycles. The number of carbonyl (C=O) groups excluding carboxylic acids is 1. The average Bonchev–Trinajstić information content (AvgIpc) is 3.26. The Kier molecular flexibility index (Phi) is 4.85. The number of hydrogen-bond donors (Lipinski definition) is 0. The van der Waals surface area contributed by atoms with Gasteiger partial charge < -0.3 is 4.90 Å².